The van der Waals surface area contributed by atoms with Crippen LogP contribution in [-0.4, -0.2) is 11.2 Å². The molecule has 15 heavy (non-hydrogen) atoms. The summed E-state index contributed by atoms with van der Waals surface area (Å²) in [5.74, 6) is 0. The molecule has 2 rings (SSSR count). The monoisotopic (exact) mass is 279 g/mol. The number of pyridine rings is 1. The van der Waals surface area contributed by atoms with Gasteiger partial charge in [0.15, 0.2) is 0 Å². The lowest BCUT2D eigenvalue weighted by Crippen LogP contribution is -1.81. The van der Waals surface area contributed by atoms with Gasteiger partial charge in [0, 0.05) is 27.3 Å². The summed E-state index contributed by atoms with van der Waals surface area (Å²) in [5, 5.41) is 0. The molecule has 0 aliphatic rings. The first-order valence-electron chi connectivity index (χ1n) is 4.55. The predicted octanol–water partition coefficient (Wildman–Crippen LogP) is 4.23. The summed E-state index contributed by atoms with van der Waals surface area (Å²) in [7, 11) is 0. The second kappa shape index (κ2) is 4.81. The Hall–Kier alpha value is -0.800. The molecule has 1 aromatic heterocycles. The molecule has 1 nitrogen and oxygen atoms in total. The van der Waals surface area contributed by atoms with E-state index < -0.39 is 0 Å². The van der Waals surface area contributed by atoms with Crippen molar-refractivity contribution in [3.05, 3.63) is 47.2 Å². The van der Waals surface area contributed by atoms with Gasteiger partial charge in [-0.2, -0.15) is 0 Å². The van der Waals surface area contributed by atoms with Crippen LogP contribution in [0.4, 0.5) is 0 Å². The Balaban J connectivity index is 2.46. The molecule has 0 aliphatic heterocycles. The van der Waals surface area contributed by atoms with Gasteiger partial charge in [0.2, 0.25) is 0 Å². The fourth-order valence-corrected chi connectivity index (χ4v) is 2.61. The minimum absolute atomic E-state index is 1.14. The predicted molar refractivity (Wildman–Crippen MR) is 69.2 cm³/mol. The third kappa shape index (κ3) is 2.41. The first kappa shape index (κ1) is 10.7. The quantitative estimate of drug-likeness (QED) is 0.763. The molecule has 0 amide bonds. The molecular weight excluding hydrogens is 270 g/mol. The van der Waals surface area contributed by atoms with Gasteiger partial charge in [-0.1, -0.05) is 12.1 Å². The van der Waals surface area contributed by atoms with Crippen LogP contribution < -0.4 is 0 Å². The van der Waals surface area contributed by atoms with Crippen molar-refractivity contribution in [1.82, 2.24) is 4.98 Å². The van der Waals surface area contributed by atoms with Crippen LogP contribution in [0.15, 0.2) is 52.1 Å². The van der Waals surface area contributed by atoms with Gasteiger partial charge in [-0.05, 0) is 45.9 Å². The lowest BCUT2D eigenvalue weighted by molar-refractivity contribution is 1.32. The van der Waals surface area contributed by atoms with E-state index in [-0.39, 0.29) is 0 Å². The lowest BCUT2D eigenvalue weighted by atomic mass is 10.1. The van der Waals surface area contributed by atoms with Gasteiger partial charge in [0.05, 0.1) is 0 Å². The van der Waals surface area contributed by atoms with Crippen molar-refractivity contribution in [2.24, 2.45) is 0 Å². The SMILES string of the molecule is CSc1cc(-c2cccnc2)ccc1Br. The average molecular weight is 280 g/mol. The highest BCUT2D eigenvalue weighted by Gasteiger charge is 2.02. The summed E-state index contributed by atoms with van der Waals surface area (Å²) in [4.78, 5) is 5.37. The van der Waals surface area contributed by atoms with Gasteiger partial charge in [0.25, 0.3) is 0 Å². The Morgan fingerprint density at radius 2 is 2.07 bits per heavy atom. The summed E-state index contributed by atoms with van der Waals surface area (Å²) in [6.07, 6.45) is 5.75. The van der Waals surface area contributed by atoms with Gasteiger partial charge in [-0.15, -0.1) is 11.8 Å². The van der Waals surface area contributed by atoms with Gasteiger partial charge in [-0.3, -0.25) is 4.98 Å². The molecular formula is C12H10BrNS. The minimum Gasteiger partial charge on any atom is -0.264 e. The Kier molecular flexibility index (Phi) is 3.44. The van der Waals surface area contributed by atoms with E-state index in [1.54, 1.807) is 18.0 Å². The maximum absolute atomic E-state index is 4.12. The number of rotatable bonds is 2. The maximum Gasteiger partial charge on any atom is 0.0346 e. The first-order chi connectivity index (χ1) is 7.31. The van der Waals surface area contributed by atoms with Crippen LogP contribution in [-0.2, 0) is 0 Å². The summed E-state index contributed by atoms with van der Waals surface area (Å²) in [6, 6.07) is 10.4. The molecule has 76 valence electrons. The van der Waals surface area contributed by atoms with E-state index in [0.717, 1.165) is 10.0 Å². The number of aromatic nitrogens is 1. The standard InChI is InChI=1S/C12H10BrNS/c1-15-12-7-9(4-5-11(12)13)10-3-2-6-14-8-10/h2-8H,1H3. The third-order valence-corrected chi connectivity index (χ3v) is 3.88. The van der Waals surface area contributed by atoms with E-state index in [2.05, 4.69) is 51.4 Å². The highest BCUT2D eigenvalue weighted by atomic mass is 79.9. The van der Waals surface area contributed by atoms with Crippen LogP contribution in [0.2, 0.25) is 0 Å². The summed E-state index contributed by atoms with van der Waals surface area (Å²) in [6.45, 7) is 0. The largest absolute Gasteiger partial charge is 0.264 e. The maximum atomic E-state index is 4.12. The van der Waals surface area contributed by atoms with Crippen LogP contribution in [0.25, 0.3) is 11.1 Å². The van der Waals surface area contributed by atoms with Crippen molar-refractivity contribution in [3.63, 3.8) is 0 Å². The van der Waals surface area contributed by atoms with Crippen LogP contribution in [0.1, 0.15) is 0 Å². The molecule has 1 aromatic carbocycles. The molecule has 0 saturated heterocycles. The van der Waals surface area contributed by atoms with Gasteiger partial charge in [-0.25, -0.2) is 0 Å². The molecule has 0 radical (unpaired) electrons. The zero-order valence-electron chi connectivity index (χ0n) is 8.27. The molecule has 0 spiro atoms. The highest BCUT2D eigenvalue weighted by Crippen LogP contribution is 2.30. The highest BCUT2D eigenvalue weighted by molar-refractivity contribution is 9.10. The second-order valence-electron chi connectivity index (χ2n) is 3.09. The van der Waals surface area contributed by atoms with E-state index in [1.807, 2.05) is 12.3 Å². The summed E-state index contributed by atoms with van der Waals surface area (Å²) >= 11 is 5.26. The molecule has 0 unspecified atom stereocenters. The molecule has 0 fully saturated rings. The van der Waals surface area contributed by atoms with Gasteiger partial charge in [0.1, 0.15) is 0 Å². The molecule has 0 aliphatic carbocycles. The normalized spacial score (nSPS) is 10.3. The molecule has 0 atom stereocenters. The van der Waals surface area contributed by atoms with E-state index in [4.69, 9.17) is 0 Å². The van der Waals surface area contributed by atoms with Crippen LogP contribution in [0.5, 0.6) is 0 Å². The van der Waals surface area contributed by atoms with E-state index in [9.17, 15) is 0 Å². The Labute approximate surface area is 102 Å². The van der Waals surface area contributed by atoms with E-state index >= 15 is 0 Å². The molecule has 0 bridgehead atoms. The smallest absolute Gasteiger partial charge is 0.0346 e. The lowest BCUT2D eigenvalue weighted by Gasteiger charge is -2.05. The van der Waals surface area contributed by atoms with Crippen molar-refractivity contribution in [2.75, 3.05) is 6.26 Å². The number of hydrogen-bond acceptors (Lipinski definition) is 2. The zero-order valence-corrected chi connectivity index (χ0v) is 10.7. The van der Waals surface area contributed by atoms with Gasteiger partial charge < -0.3 is 0 Å². The van der Waals surface area contributed by atoms with Crippen LogP contribution in [0.3, 0.4) is 0 Å². The topological polar surface area (TPSA) is 12.9 Å². The van der Waals surface area contributed by atoms with Crippen molar-refractivity contribution < 1.29 is 0 Å². The second-order valence-corrected chi connectivity index (χ2v) is 4.79. The molecule has 1 heterocycles. The number of thioether (sulfide) groups is 1. The van der Waals surface area contributed by atoms with Gasteiger partial charge >= 0.3 is 0 Å². The summed E-state index contributed by atoms with van der Waals surface area (Å²) in [5.41, 5.74) is 2.36. The van der Waals surface area contributed by atoms with Crippen molar-refractivity contribution in [1.29, 1.82) is 0 Å². The average Bonchev–Trinajstić information content (AvgIpc) is 2.31. The number of hydrogen-bond donors (Lipinski definition) is 0. The minimum atomic E-state index is 1.14. The van der Waals surface area contributed by atoms with Crippen molar-refractivity contribution >= 4 is 27.7 Å². The Bertz CT molecular complexity index is 456. The molecule has 0 N–H and O–H groups in total. The van der Waals surface area contributed by atoms with Crippen molar-refractivity contribution in [3.8, 4) is 11.1 Å². The molecule has 3 heteroatoms. The summed E-state index contributed by atoms with van der Waals surface area (Å²) < 4.78 is 1.14. The molecule has 2 aromatic rings. The first-order valence-corrected chi connectivity index (χ1v) is 6.57. The number of nitrogens with zero attached hydrogens (tertiary/aromatic N) is 1. The number of halogens is 1. The Morgan fingerprint density at radius 1 is 1.20 bits per heavy atom. The third-order valence-electron chi connectivity index (χ3n) is 2.15. The van der Waals surface area contributed by atoms with E-state index in [1.165, 1.54) is 10.5 Å². The van der Waals surface area contributed by atoms with Crippen LogP contribution in [0, 0.1) is 0 Å². The molecule has 0 saturated carbocycles. The number of benzene rings is 1. The fourth-order valence-electron chi connectivity index (χ4n) is 1.37. The van der Waals surface area contributed by atoms with Crippen molar-refractivity contribution in [2.45, 2.75) is 4.90 Å². The Morgan fingerprint density at radius 3 is 2.73 bits per heavy atom. The fraction of sp³-hybridized carbons (Fsp3) is 0.0833. The van der Waals surface area contributed by atoms with E-state index in [0.29, 0.717) is 0 Å². The zero-order chi connectivity index (χ0) is 10.7. The van der Waals surface area contributed by atoms with Crippen LogP contribution >= 0.6 is 27.7 Å².